The van der Waals surface area contributed by atoms with Crippen LogP contribution in [0.2, 0.25) is 5.02 Å². The Morgan fingerprint density at radius 3 is 2.97 bits per heavy atom. The molecule has 2 atom stereocenters. The van der Waals surface area contributed by atoms with E-state index in [0.717, 1.165) is 11.3 Å². The van der Waals surface area contributed by atoms with E-state index in [4.69, 9.17) is 30.5 Å². The van der Waals surface area contributed by atoms with Gasteiger partial charge >= 0.3 is 0 Å². The van der Waals surface area contributed by atoms with Crippen molar-refractivity contribution in [1.29, 1.82) is 0 Å². The molecule has 0 aliphatic carbocycles. The first-order chi connectivity index (χ1) is 17.1. The van der Waals surface area contributed by atoms with E-state index in [1.54, 1.807) is 25.6 Å². The summed E-state index contributed by atoms with van der Waals surface area (Å²) in [5.41, 5.74) is 4.10. The van der Waals surface area contributed by atoms with Gasteiger partial charge in [0.2, 0.25) is 0 Å². The lowest BCUT2D eigenvalue weighted by Gasteiger charge is -2.29. The fourth-order valence-corrected chi connectivity index (χ4v) is 4.64. The topological polar surface area (TPSA) is 107 Å². The lowest BCUT2D eigenvalue weighted by atomic mass is 10.0. The van der Waals surface area contributed by atoms with Crippen LogP contribution in [0.1, 0.15) is 23.0 Å². The summed E-state index contributed by atoms with van der Waals surface area (Å²) in [6.45, 7) is 4.08. The molecule has 1 amide bonds. The third kappa shape index (κ3) is 4.67. The lowest BCUT2D eigenvalue weighted by molar-refractivity contribution is -0.122. The van der Waals surface area contributed by atoms with E-state index in [1.807, 2.05) is 25.1 Å². The van der Waals surface area contributed by atoms with E-state index in [1.165, 1.54) is 0 Å². The molecule has 1 aromatic carbocycles. The van der Waals surface area contributed by atoms with Crippen LogP contribution in [0.5, 0.6) is 11.5 Å². The van der Waals surface area contributed by atoms with E-state index >= 15 is 0 Å². The second-order valence-corrected chi connectivity index (χ2v) is 8.77. The standard InChI is InChI=1S/C25H27ClN4O5/c1-14(20-13-33-10-11-34-20)35-19-12-27-8-6-15(19)22-23(21-17(29-22)7-9-28-25(21)31)30-18-5-3-4-16(26)24(18)32-2/h3-6,8,12,14,20,29-30H,7,9-11,13H2,1-2H3,(H,28,31)/t14?,20-/m1/s1. The van der Waals surface area contributed by atoms with Crippen LogP contribution in [0.3, 0.4) is 0 Å². The van der Waals surface area contributed by atoms with Crippen molar-refractivity contribution in [3.05, 3.63) is 52.9 Å². The number of nitrogens with zero attached hydrogens (tertiary/aromatic N) is 1. The SMILES string of the molecule is COc1c(Cl)cccc1Nc1c(-c2ccncc2OC(C)[C@H]2COCCO2)[nH]c2c1C(=O)NCC2. The molecule has 1 saturated heterocycles. The van der Waals surface area contributed by atoms with Crippen molar-refractivity contribution in [3.63, 3.8) is 0 Å². The normalized spacial score (nSPS) is 18.4. The number of fused-ring (bicyclic) bond motifs is 1. The van der Waals surface area contributed by atoms with Gasteiger partial charge in [-0.15, -0.1) is 0 Å². The van der Waals surface area contributed by atoms with Crippen LogP contribution in [0, 0.1) is 0 Å². The summed E-state index contributed by atoms with van der Waals surface area (Å²) < 4.78 is 23.2. The summed E-state index contributed by atoms with van der Waals surface area (Å²) >= 11 is 6.35. The molecule has 0 radical (unpaired) electrons. The Balaban J connectivity index is 1.57. The number of hydrogen-bond acceptors (Lipinski definition) is 7. The molecule has 4 heterocycles. The number of carbonyl (C=O) groups excluding carboxylic acids is 1. The maximum absolute atomic E-state index is 12.9. The molecule has 9 nitrogen and oxygen atoms in total. The van der Waals surface area contributed by atoms with Crippen molar-refractivity contribution in [1.82, 2.24) is 15.3 Å². The van der Waals surface area contributed by atoms with Crippen molar-refractivity contribution >= 4 is 28.9 Å². The van der Waals surface area contributed by atoms with Gasteiger partial charge in [0, 0.05) is 30.4 Å². The molecule has 35 heavy (non-hydrogen) atoms. The van der Waals surface area contributed by atoms with Crippen molar-refractivity contribution in [3.8, 4) is 22.8 Å². The van der Waals surface area contributed by atoms with Crippen LogP contribution in [-0.2, 0) is 15.9 Å². The number of para-hydroxylation sites is 1. The average molecular weight is 499 g/mol. The zero-order chi connectivity index (χ0) is 24.4. The van der Waals surface area contributed by atoms with Crippen LogP contribution in [0.15, 0.2) is 36.7 Å². The van der Waals surface area contributed by atoms with Gasteiger partial charge < -0.3 is 34.6 Å². The Hall–Kier alpha value is -3.27. The van der Waals surface area contributed by atoms with Crippen LogP contribution >= 0.6 is 11.6 Å². The molecular formula is C25H27ClN4O5. The molecule has 184 valence electrons. The second kappa shape index (κ2) is 10.2. The predicted molar refractivity (Wildman–Crippen MR) is 132 cm³/mol. The summed E-state index contributed by atoms with van der Waals surface area (Å²) in [7, 11) is 1.56. The number of benzene rings is 1. The number of aromatic amines is 1. The number of methoxy groups -OCH3 is 1. The van der Waals surface area contributed by atoms with E-state index in [0.29, 0.717) is 71.9 Å². The highest BCUT2D eigenvalue weighted by Gasteiger charge is 2.30. The number of pyridine rings is 1. The molecule has 0 saturated carbocycles. The summed E-state index contributed by atoms with van der Waals surface area (Å²) in [5.74, 6) is 0.893. The second-order valence-electron chi connectivity index (χ2n) is 8.36. The number of amides is 1. The van der Waals surface area contributed by atoms with Gasteiger partial charge in [-0.2, -0.15) is 0 Å². The summed E-state index contributed by atoms with van der Waals surface area (Å²) in [4.78, 5) is 20.7. The first-order valence-corrected chi connectivity index (χ1v) is 11.9. The highest BCUT2D eigenvalue weighted by Crippen LogP contribution is 2.43. The van der Waals surface area contributed by atoms with E-state index in [-0.39, 0.29) is 18.1 Å². The fraction of sp³-hybridized carbons (Fsp3) is 0.360. The van der Waals surface area contributed by atoms with Crippen molar-refractivity contribution in [2.45, 2.75) is 25.6 Å². The summed E-state index contributed by atoms with van der Waals surface area (Å²) in [5, 5.41) is 6.78. The molecule has 2 aliphatic heterocycles. The zero-order valence-corrected chi connectivity index (χ0v) is 20.3. The van der Waals surface area contributed by atoms with Gasteiger partial charge in [0.25, 0.3) is 5.91 Å². The van der Waals surface area contributed by atoms with E-state index in [9.17, 15) is 4.79 Å². The molecule has 1 unspecified atom stereocenters. The quantitative estimate of drug-likeness (QED) is 0.452. The van der Waals surface area contributed by atoms with Gasteiger partial charge in [0.1, 0.15) is 18.0 Å². The number of carbonyl (C=O) groups is 1. The molecule has 0 spiro atoms. The van der Waals surface area contributed by atoms with Crippen LogP contribution in [-0.4, -0.2) is 61.6 Å². The van der Waals surface area contributed by atoms with Gasteiger partial charge in [-0.3, -0.25) is 9.78 Å². The minimum absolute atomic E-state index is 0.158. The molecule has 1 fully saturated rings. The predicted octanol–water partition coefficient (Wildman–Crippen LogP) is 3.95. The first kappa shape index (κ1) is 23.5. The number of nitrogens with one attached hydrogen (secondary N) is 3. The summed E-state index contributed by atoms with van der Waals surface area (Å²) in [6.07, 6.45) is 3.58. The fourth-order valence-electron chi connectivity index (χ4n) is 4.39. The van der Waals surface area contributed by atoms with Gasteiger partial charge in [-0.05, 0) is 25.1 Å². The third-order valence-corrected chi connectivity index (χ3v) is 6.43. The van der Waals surface area contributed by atoms with Gasteiger partial charge in [-0.25, -0.2) is 0 Å². The number of ether oxygens (including phenoxy) is 4. The minimum atomic E-state index is -0.268. The van der Waals surface area contributed by atoms with Crippen LogP contribution < -0.4 is 20.1 Å². The maximum Gasteiger partial charge on any atom is 0.255 e. The Labute approximate surface area is 208 Å². The van der Waals surface area contributed by atoms with Crippen molar-refractivity contribution < 1.29 is 23.7 Å². The number of anilines is 2. The highest BCUT2D eigenvalue weighted by molar-refractivity contribution is 6.32. The number of aromatic nitrogens is 2. The van der Waals surface area contributed by atoms with Crippen LogP contribution in [0.4, 0.5) is 11.4 Å². The lowest BCUT2D eigenvalue weighted by Crippen LogP contribution is -2.40. The third-order valence-electron chi connectivity index (χ3n) is 6.13. The van der Waals surface area contributed by atoms with Crippen molar-refractivity contribution in [2.24, 2.45) is 0 Å². The number of H-pyrrole nitrogens is 1. The largest absolute Gasteiger partial charge is 0.493 e. The molecular weight excluding hydrogens is 472 g/mol. The first-order valence-electron chi connectivity index (χ1n) is 11.5. The average Bonchev–Trinajstić information content (AvgIpc) is 3.24. The molecule has 3 aromatic rings. The molecule has 0 bridgehead atoms. The number of rotatable bonds is 7. The molecule has 3 N–H and O–H groups in total. The minimum Gasteiger partial charge on any atom is -0.493 e. The monoisotopic (exact) mass is 498 g/mol. The van der Waals surface area contributed by atoms with E-state index < -0.39 is 0 Å². The van der Waals surface area contributed by atoms with Gasteiger partial charge in [0.05, 0.1) is 60.8 Å². The smallest absolute Gasteiger partial charge is 0.255 e. The number of halogens is 1. The maximum atomic E-state index is 12.9. The van der Waals surface area contributed by atoms with Crippen LogP contribution in [0.25, 0.3) is 11.3 Å². The number of hydrogen-bond donors (Lipinski definition) is 3. The van der Waals surface area contributed by atoms with Gasteiger partial charge in [0.15, 0.2) is 5.75 Å². The Bertz CT molecular complexity index is 1220. The zero-order valence-electron chi connectivity index (χ0n) is 19.5. The molecule has 2 aromatic heterocycles. The Kier molecular flexibility index (Phi) is 6.81. The molecule has 5 rings (SSSR count). The van der Waals surface area contributed by atoms with E-state index in [2.05, 4.69) is 20.6 Å². The van der Waals surface area contributed by atoms with Crippen molar-refractivity contribution in [2.75, 3.05) is 38.8 Å². The summed E-state index contributed by atoms with van der Waals surface area (Å²) in [6, 6.07) is 7.27. The molecule has 10 heteroatoms. The Morgan fingerprint density at radius 2 is 2.17 bits per heavy atom. The highest BCUT2D eigenvalue weighted by atomic mass is 35.5. The Morgan fingerprint density at radius 1 is 1.29 bits per heavy atom. The molecule has 2 aliphatic rings. The van der Waals surface area contributed by atoms with Gasteiger partial charge in [-0.1, -0.05) is 17.7 Å².